The highest BCUT2D eigenvalue weighted by Gasteiger charge is 2.44. The van der Waals surface area contributed by atoms with Gasteiger partial charge in [0.25, 0.3) is 12.2 Å². The van der Waals surface area contributed by atoms with Crippen LogP contribution >= 0.6 is 0 Å². The molecule has 2 heterocycles. The second kappa shape index (κ2) is 4.73. The van der Waals surface area contributed by atoms with E-state index < -0.39 is 6.29 Å². The van der Waals surface area contributed by atoms with Crippen LogP contribution in [0.2, 0.25) is 0 Å². The van der Waals surface area contributed by atoms with Crippen LogP contribution in [0.15, 0.2) is 47.7 Å². The number of esters is 1. The molecule has 0 saturated carbocycles. The molecule has 0 bridgehead atoms. The number of rotatable bonds is 2. The second-order valence-corrected chi connectivity index (χ2v) is 5.79. The van der Waals surface area contributed by atoms with Crippen molar-refractivity contribution >= 4 is 11.9 Å². The van der Waals surface area contributed by atoms with Crippen molar-refractivity contribution in [2.45, 2.75) is 25.7 Å². The van der Waals surface area contributed by atoms with Crippen molar-refractivity contribution in [2.24, 2.45) is 5.92 Å². The molecule has 1 aliphatic carbocycles. The SMILES string of the molecule is CC1=C[C@@H](O/C=C2/C(=O)N[C@@H]3c4ccccc4C[C@H]23)OC1=O. The standard InChI is InChI=1S/C17H15NO4/c1-9-6-14(22-17(9)20)21-8-13-12-7-10-4-2-3-5-11(10)15(12)18-16(13)19/h2-6,8,12,14-15H,7H2,1H3,(H,18,19)/b13-8+/t12-,14+,15-/m1/s1. The van der Waals surface area contributed by atoms with E-state index in [1.54, 1.807) is 13.0 Å². The summed E-state index contributed by atoms with van der Waals surface area (Å²) in [6.45, 7) is 1.67. The van der Waals surface area contributed by atoms with Gasteiger partial charge in [-0.1, -0.05) is 24.3 Å². The van der Waals surface area contributed by atoms with Crippen LogP contribution < -0.4 is 5.32 Å². The maximum absolute atomic E-state index is 12.1. The monoisotopic (exact) mass is 297 g/mol. The molecule has 2 aliphatic heterocycles. The van der Waals surface area contributed by atoms with Crippen LogP contribution in [0, 0.1) is 5.92 Å². The highest BCUT2D eigenvalue weighted by Crippen LogP contribution is 2.44. The van der Waals surface area contributed by atoms with Gasteiger partial charge < -0.3 is 14.8 Å². The van der Waals surface area contributed by atoms with Crippen LogP contribution in [0.5, 0.6) is 0 Å². The fourth-order valence-corrected chi connectivity index (χ4v) is 3.31. The van der Waals surface area contributed by atoms with E-state index in [0.717, 1.165) is 6.42 Å². The molecule has 112 valence electrons. The molecule has 0 radical (unpaired) electrons. The number of amides is 1. The molecule has 1 saturated heterocycles. The largest absolute Gasteiger partial charge is 0.458 e. The summed E-state index contributed by atoms with van der Waals surface area (Å²) in [5, 5.41) is 3.00. The zero-order chi connectivity index (χ0) is 15.3. The van der Waals surface area contributed by atoms with E-state index >= 15 is 0 Å². The Labute approximate surface area is 127 Å². The van der Waals surface area contributed by atoms with Crippen molar-refractivity contribution in [3.05, 3.63) is 58.9 Å². The van der Waals surface area contributed by atoms with Gasteiger partial charge in [0.1, 0.15) is 0 Å². The van der Waals surface area contributed by atoms with Gasteiger partial charge in [0, 0.05) is 17.6 Å². The van der Waals surface area contributed by atoms with Gasteiger partial charge in [0.05, 0.1) is 17.9 Å². The second-order valence-electron chi connectivity index (χ2n) is 5.79. The summed E-state index contributed by atoms with van der Waals surface area (Å²) in [7, 11) is 0. The van der Waals surface area contributed by atoms with Crippen LogP contribution in [0.1, 0.15) is 24.1 Å². The Bertz CT molecular complexity index is 734. The van der Waals surface area contributed by atoms with Gasteiger partial charge in [0.15, 0.2) is 0 Å². The van der Waals surface area contributed by atoms with Gasteiger partial charge in [-0.15, -0.1) is 0 Å². The Kier molecular flexibility index (Phi) is 2.82. The molecule has 0 unspecified atom stereocenters. The number of carbonyl (C=O) groups excluding carboxylic acids is 2. The van der Waals surface area contributed by atoms with Crippen molar-refractivity contribution in [3.63, 3.8) is 0 Å². The zero-order valence-corrected chi connectivity index (χ0v) is 12.0. The fourth-order valence-electron chi connectivity index (χ4n) is 3.31. The van der Waals surface area contributed by atoms with Crippen LogP contribution in [0.3, 0.4) is 0 Å². The molecule has 3 atom stereocenters. The Hall–Kier alpha value is -2.56. The molecule has 3 aliphatic rings. The van der Waals surface area contributed by atoms with Crippen LogP contribution in [-0.2, 0) is 25.5 Å². The molecule has 1 fully saturated rings. The lowest BCUT2D eigenvalue weighted by Gasteiger charge is -2.11. The minimum atomic E-state index is -0.740. The minimum Gasteiger partial charge on any atom is -0.458 e. The Balaban J connectivity index is 1.55. The Morgan fingerprint density at radius 3 is 2.91 bits per heavy atom. The third kappa shape index (κ3) is 1.93. The molecule has 0 aromatic heterocycles. The van der Waals surface area contributed by atoms with Crippen LogP contribution in [0.25, 0.3) is 0 Å². The van der Waals surface area contributed by atoms with E-state index in [0.29, 0.717) is 11.1 Å². The summed E-state index contributed by atoms with van der Waals surface area (Å²) >= 11 is 0. The van der Waals surface area contributed by atoms with Crippen molar-refractivity contribution in [2.75, 3.05) is 0 Å². The van der Waals surface area contributed by atoms with Crippen molar-refractivity contribution in [3.8, 4) is 0 Å². The van der Waals surface area contributed by atoms with Crippen LogP contribution in [-0.4, -0.2) is 18.2 Å². The number of cyclic esters (lactones) is 1. The summed E-state index contributed by atoms with van der Waals surface area (Å²) in [5.74, 6) is -0.424. The molecular formula is C17H15NO4. The third-order valence-corrected chi connectivity index (χ3v) is 4.44. The highest BCUT2D eigenvalue weighted by atomic mass is 16.7. The number of nitrogens with one attached hydrogen (secondary N) is 1. The van der Waals surface area contributed by atoms with Crippen molar-refractivity contribution in [1.29, 1.82) is 0 Å². The predicted octanol–water partition coefficient (Wildman–Crippen LogP) is 1.76. The number of hydrogen-bond acceptors (Lipinski definition) is 4. The lowest BCUT2D eigenvalue weighted by molar-refractivity contribution is -0.152. The number of carbonyl (C=O) groups is 2. The normalized spacial score (nSPS) is 30.7. The Morgan fingerprint density at radius 2 is 2.14 bits per heavy atom. The zero-order valence-electron chi connectivity index (χ0n) is 12.0. The summed E-state index contributed by atoms with van der Waals surface area (Å²) in [6.07, 6.45) is 3.12. The van der Waals surface area contributed by atoms with E-state index in [1.165, 1.54) is 17.4 Å². The molecule has 1 aromatic rings. The molecule has 1 amide bonds. The first kappa shape index (κ1) is 13.1. The van der Waals surface area contributed by atoms with E-state index in [1.807, 2.05) is 12.1 Å². The van der Waals surface area contributed by atoms with Gasteiger partial charge >= 0.3 is 5.97 Å². The number of ether oxygens (including phenoxy) is 2. The topological polar surface area (TPSA) is 64.6 Å². The van der Waals surface area contributed by atoms with Crippen LogP contribution in [0.4, 0.5) is 0 Å². The van der Waals surface area contributed by atoms with Crippen molar-refractivity contribution in [1.82, 2.24) is 5.32 Å². The summed E-state index contributed by atoms with van der Waals surface area (Å²) < 4.78 is 10.5. The first-order valence-electron chi connectivity index (χ1n) is 7.27. The van der Waals surface area contributed by atoms with Gasteiger partial charge in [-0.3, -0.25) is 4.79 Å². The minimum absolute atomic E-state index is 0.0157. The van der Waals surface area contributed by atoms with E-state index in [2.05, 4.69) is 17.4 Å². The van der Waals surface area contributed by atoms with Crippen molar-refractivity contribution < 1.29 is 19.1 Å². The molecule has 4 rings (SSSR count). The molecule has 22 heavy (non-hydrogen) atoms. The number of benzene rings is 1. The van der Waals surface area contributed by atoms with E-state index in [9.17, 15) is 9.59 Å². The predicted molar refractivity (Wildman–Crippen MR) is 77.3 cm³/mol. The first-order valence-corrected chi connectivity index (χ1v) is 7.27. The third-order valence-electron chi connectivity index (χ3n) is 4.44. The highest BCUT2D eigenvalue weighted by molar-refractivity contribution is 5.97. The number of fused-ring (bicyclic) bond motifs is 3. The smallest absolute Gasteiger partial charge is 0.336 e. The van der Waals surface area contributed by atoms with Gasteiger partial charge in [0.2, 0.25) is 0 Å². The molecule has 5 heteroatoms. The van der Waals surface area contributed by atoms with E-state index in [4.69, 9.17) is 9.47 Å². The van der Waals surface area contributed by atoms with Gasteiger partial charge in [-0.25, -0.2) is 4.79 Å². The summed E-state index contributed by atoms with van der Waals surface area (Å²) in [5.41, 5.74) is 3.55. The first-order chi connectivity index (χ1) is 10.6. The average molecular weight is 297 g/mol. The van der Waals surface area contributed by atoms with Gasteiger partial charge in [-0.05, 0) is 24.5 Å². The molecule has 1 N–H and O–H groups in total. The Morgan fingerprint density at radius 1 is 1.32 bits per heavy atom. The molecular weight excluding hydrogens is 282 g/mol. The van der Waals surface area contributed by atoms with Gasteiger partial charge in [-0.2, -0.15) is 0 Å². The maximum Gasteiger partial charge on any atom is 0.336 e. The average Bonchev–Trinajstić information content (AvgIpc) is 3.10. The number of hydrogen-bond donors (Lipinski definition) is 1. The summed E-state index contributed by atoms with van der Waals surface area (Å²) in [6, 6.07) is 8.14. The molecule has 1 aromatic carbocycles. The molecule has 5 nitrogen and oxygen atoms in total. The quantitative estimate of drug-likeness (QED) is 0.513. The maximum atomic E-state index is 12.1. The molecule has 0 spiro atoms. The van der Waals surface area contributed by atoms with E-state index in [-0.39, 0.29) is 23.8 Å². The lowest BCUT2D eigenvalue weighted by atomic mass is 9.97. The lowest BCUT2D eigenvalue weighted by Crippen LogP contribution is -2.19. The fraction of sp³-hybridized carbons (Fsp3) is 0.294. The summed E-state index contributed by atoms with van der Waals surface area (Å²) in [4.78, 5) is 23.5.